The molecule has 1 heterocycles. The van der Waals surface area contributed by atoms with Crippen LogP contribution in [-0.2, 0) is 6.54 Å². The van der Waals surface area contributed by atoms with Crippen LogP contribution in [0, 0.1) is 17.0 Å². The van der Waals surface area contributed by atoms with Gasteiger partial charge in [-0.25, -0.2) is 4.79 Å². The Labute approximate surface area is 112 Å². The summed E-state index contributed by atoms with van der Waals surface area (Å²) < 4.78 is 4.88. The number of rotatable bonds is 5. The molecule has 104 valence electrons. The van der Waals surface area contributed by atoms with Crippen LogP contribution < -0.4 is 5.32 Å². The van der Waals surface area contributed by atoms with E-state index in [0.29, 0.717) is 17.4 Å². The van der Waals surface area contributed by atoms with Gasteiger partial charge in [0.25, 0.3) is 5.69 Å². The molecule has 2 aromatic rings. The van der Waals surface area contributed by atoms with Gasteiger partial charge in [-0.2, -0.15) is 4.98 Å². The summed E-state index contributed by atoms with van der Waals surface area (Å²) in [6, 6.07) is 3.72. The van der Waals surface area contributed by atoms with E-state index in [-0.39, 0.29) is 12.1 Å². The summed E-state index contributed by atoms with van der Waals surface area (Å²) >= 11 is 0. The third-order valence-corrected chi connectivity index (χ3v) is 2.44. The summed E-state index contributed by atoms with van der Waals surface area (Å²) in [6.45, 7) is 1.86. The lowest BCUT2D eigenvalue weighted by Crippen LogP contribution is -2.05. The molecule has 9 heteroatoms. The van der Waals surface area contributed by atoms with Crippen LogP contribution in [-0.4, -0.2) is 26.1 Å². The van der Waals surface area contributed by atoms with Gasteiger partial charge >= 0.3 is 5.97 Å². The summed E-state index contributed by atoms with van der Waals surface area (Å²) in [5.41, 5.74) is -0.442. The van der Waals surface area contributed by atoms with E-state index in [4.69, 9.17) is 9.63 Å². The minimum atomic E-state index is -1.37. The molecule has 0 spiro atoms. The molecule has 9 nitrogen and oxygen atoms in total. The van der Waals surface area contributed by atoms with Gasteiger partial charge in [-0.3, -0.25) is 10.1 Å². The van der Waals surface area contributed by atoms with Gasteiger partial charge < -0.3 is 14.9 Å². The second-order valence-electron chi connectivity index (χ2n) is 3.88. The molecule has 0 amide bonds. The number of hydrogen-bond donors (Lipinski definition) is 2. The normalized spacial score (nSPS) is 10.2. The number of carboxylic acid groups (broad SMARTS) is 1. The van der Waals surface area contributed by atoms with Crippen LogP contribution in [0.25, 0.3) is 0 Å². The number of anilines is 1. The lowest BCUT2D eigenvalue weighted by Gasteiger charge is -2.05. The molecule has 2 rings (SSSR count). The smallest absolute Gasteiger partial charge is 0.342 e. The number of hydrogen-bond acceptors (Lipinski definition) is 7. The van der Waals surface area contributed by atoms with E-state index in [1.165, 1.54) is 12.1 Å². The largest absolute Gasteiger partial charge is 0.477 e. The van der Waals surface area contributed by atoms with Gasteiger partial charge in [0, 0.05) is 11.8 Å². The van der Waals surface area contributed by atoms with Crippen LogP contribution >= 0.6 is 0 Å². The average Bonchev–Trinajstić information content (AvgIpc) is 2.81. The highest BCUT2D eigenvalue weighted by Gasteiger charge is 2.20. The van der Waals surface area contributed by atoms with Gasteiger partial charge in [-0.05, 0) is 19.1 Å². The predicted molar refractivity (Wildman–Crippen MR) is 66.4 cm³/mol. The molecular weight excluding hydrogens is 268 g/mol. The number of nitro groups is 1. The topological polar surface area (TPSA) is 131 Å². The minimum absolute atomic E-state index is 0.192. The summed E-state index contributed by atoms with van der Waals surface area (Å²) in [7, 11) is 0. The third kappa shape index (κ3) is 2.88. The molecule has 2 N–H and O–H groups in total. The van der Waals surface area contributed by atoms with Crippen molar-refractivity contribution in [3.63, 3.8) is 0 Å². The molecule has 0 saturated heterocycles. The van der Waals surface area contributed by atoms with Crippen molar-refractivity contribution in [2.75, 3.05) is 5.32 Å². The molecule has 0 atom stereocenters. The fourth-order valence-corrected chi connectivity index (χ4v) is 1.57. The van der Waals surface area contributed by atoms with E-state index in [9.17, 15) is 14.9 Å². The minimum Gasteiger partial charge on any atom is -0.477 e. The summed E-state index contributed by atoms with van der Waals surface area (Å²) in [4.78, 5) is 24.9. The number of carboxylic acids is 1. The number of aromatic carboxylic acids is 1. The Kier molecular flexibility index (Phi) is 3.60. The Balaban J connectivity index is 2.18. The molecule has 0 aliphatic carbocycles. The molecular formula is C11H10N4O5. The van der Waals surface area contributed by atoms with E-state index in [1.807, 2.05) is 0 Å². The Morgan fingerprint density at radius 2 is 2.30 bits per heavy atom. The summed E-state index contributed by atoms with van der Waals surface area (Å²) in [5.74, 6) is -0.552. The van der Waals surface area contributed by atoms with Crippen molar-refractivity contribution >= 4 is 17.3 Å². The summed E-state index contributed by atoms with van der Waals surface area (Å²) in [6.07, 6.45) is 0. The second kappa shape index (κ2) is 5.34. The van der Waals surface area contributed by atoms with Crippen LogP contribution in [0.3, 0.4) is 0 Å². The van der Waals surface area contributed by atoms with Crippen LogP contribution in [0.4, 0.5) is 11.4 Å². The number of nitrogens with one attached hydrogen (secondary N) is 1. The highest BCUT2D eigenvalue weighted by Crippen LogP contribution is 2.23. The maximum Gasteiger partial charge on any atom is 0.342 e. The third-order valence-electron chi connectivity index (χ3n) is 2.44. The van der Waals surface area contributed by atoms with Crippen LogP contribution in [0.15, 0.2) is 22.7 Å². The molecule has 1 aromatic heterocycles. The summed E-state index contributed by atoms with van der Waals surface area (Å²) in [5, 5.41) is 26.1. The monoisotopic (exact) mass is 278 g/mol. The Hall–Kier alpha value is -2.97. The van der Waals surface area contributed by atoms with E-state index in [0.717, 1.165) is 6.07 Å². The van der Waals surface area contributed by atoms with Crippen LogP contribution in [0.5, 0.6) is 0 Å². The standard InChI is InChI=1S/C11H10N4O5/c1-6-13-10(20-14-6)5-12-7-2-3-9(15(18)19)8(4-7)11(16)17/h2-4,12H,5H2,1H3,(H,16,17). The maximum absolute atomic E-state index is 11.0. The van der Waals surface area contributed by atoms with Gasteiger partial charge in [0.15, 0.2) is 5.82 Å². The molecule has 0 aliphatic rings. The van der Waals surface area contributed by atoms with Gasteiger partial charge in [-0.1, -0.05) is 5.16 Å². The molecule has 0 radical (unpaired) electrons. The number of nitrogens with zero attached hydrogens (tertiary/aromatic N) is 3. The lowest BCUT2D eigenvalue weighted by atomic mass is 10.1. The van der Waals surface area contributed by atoms with Crippen molar-refractivity contribution < 1.29 is 19.3 Å². The lowest BCUT2D eigenvalue weighted by molar-refractivity contribution is -0.385. The van der Waals surface area contributed by atoms with Gasteiger partial charge in [0.1, 0.15) is 5.56 Å². The van der Waals surface area contributed by atoms with Crippen molar-refractivity contribution in [3.05, 3.63) is 45.6 Å². The van der Waals surface area contributed by atoms with Crippen molar-refractivity contribution in [2.45, 2.75) is 13.5 Å². The molecule has 0 fully saturated rings. The first-order valence-corrected chi connectivity index (χ1v) is 5.52. The highest BCUT2D eigenvalue weighted by molar-refractivity contribution is 5.93. The highest BCUT2D eigenvalue weighted by atomic mass is 16.6. The number of nitro benzene ring substituents is 1. The quantitative estimate of drug-likeness (QED) is 0.622. The molecule has 0 bridgehead atoms. The first-order valence-electron chi connectivity index (χ1n) is 5.52. The molecule has 1 aromatic carbocycles. The number of aryl methyl sites for hydroxylation is 1. The first kappa shape index (κ1) is 13.5. The number of benzene rings is 1. The van der Waals surface area contributed by atoms with Gasteiger partial charge in [0.2, 0.25) is 5.89 Å². The SMILES string of the molecule is Cc1noc(CNc2ccc([N+](=O)[O-])c(C(=O)O)c2)n1. The van der Waals surface area contributed by atoms with Crippen molar-refractivity contribution in [2.24, 2.45) is 0 Å². The zero-order valence-corrected chi connectivity index (χ0v) is 10.4. The zero-order valence-electron chi connectivity index (χ0n) is 10.4. The zero-order chi connectivity index (χ0) is 14.7. The van der Waals surface area contributed by atoms with Gasteiger partial charge in [-0.15, -0.1) is 0 Å². The van der Waals surface area contributed by atoms with Crippen molar-refractivity contribution in [1.29, 1.82) is 0 Å². The van der Waals surface area contributed by atoms with Crippen molar-refractivity contribution in [3.8, 4) is 0 Å². The van der Waals surface area contributed by atoms with E-state index in [1.54, 1.807) is 6.92 Å². The molecule has 20 heavy (non-hydrogen) atoms. The fourth-order valence-electron chi connectivity index (χ4n) is 1.57. The predicted octanol–water partition coefficient (Wildman–Crippen LogP) is 1.60. The Morgan fingerprint density at radius 3 is 2.85 bits per heavy atom. The Morgan fingerprint density at radius 1 is 1.55 bits per heavy atom. The van der Waals surface area contributed by atoms with E-state index in [2.05, 4.69) is 15.5 Å². The number of carbonyl (C=O) groups is 1. The molecule has 0 saturated carbocycles. The molecule has 0 unspecified atom stereocenters. The van der Waals surface area contributed by atoms with E-state index < -0.39 is 16.6 Å². The molecule has 0 aliphatic heterocycles. The van der Waals surface area contributed by atoms with Crippen molar-refractivity contribution in [1.82, 2.24) is 10.1 Å². The van der Waals surface area contributed by atoms with Crippen LogP contribution in [0.2, 0.25) is 0 Å². The average molecular weight is 278 g/mol. The first-order chi connectivity index (χ1) is 9.47. The fraction of sp³-hybridized carbons (Fsp3) is 0.182. The van der Waals surface area contributed by atoms with Crippen LogP contribution in [0.1, 0.15) is 22.1 Å². The second-order valence-corrected chi connectivity index (χ2v) is 3.88. The Bertz CT molecular complexity index is 667. The van der Waals surface area contributed by atoms with E-state index >= 15 is 0 Å². The number of aromatic nitrogens is 2. The van der Waals surface area contributed by atoms with Gasteiger partial charge in [0.05, 0.1) is 11.5 Å². The maximum atomic E-state index is 11.0.